The van der Waals surface area contributed by atoms with Gasteiger partial charge in [-0.05, 0) is 18.2 Å². The molecule has 18 heavy (non-hydrogen) atoms. The van der Waals surface area contributed by atoms with E-state index in [0.29, 0.717) is 24.2 Å². The molecule has 0 radical (unpaired) electrons. The van der Waals surface area contributed by atoms with Crippen LogP contribution in [0.2, 0.25) is 0 Å². The molecule has 4 nitrogen and oxygen atoms in total. The molecule has 1 aromatic heterocycles. The second-order valence-corrected chi connectivity index (χ2v) is 4.00. The van der Waals surface area contributed by atoms with E-state index in [4.69, 9.17) is 5.26 Å². The predicted molar refractivity (Wildman–Crippen MR) is 64.9 cm³/mol. The molecule has 0 bridgehead atoms. The molecule has 0 atom stereocenters. The van der Waals surface area contributed by atoms with Crippen molar-refractivity contribution in [1.82, 2.24) is 15.1 Å². The second-order valence-electron chi connectivity index (χ2n) is 4.00. The van der Waals surface area contributed by atoms with Crippen LogP contribution in [0, 0.1) is 17.1 Å². The van der Waals surface area contributed by atoms with Crippen LogP contribution in [0.3, 0.4) is 0 Å². The van der Waals surface area contributed by atoms with Crippen molar-refractivity contribution in [1.29, 1.82) is 5.26 Å². The van der Waals surface area contributed by atoms with E-state index in [1.54, 1.807) is 16.8 Å². The topological polar surface area (TPSA) is 53.6 Å². The Morgan fingerprint density at radius 3 is 2.83 bits per heavy atom. The Morgan fingerprint density at radius 1 is 1.39 bits per heavy atom. The highest BCUT2D eigenvalue weighted by Gasteiger charge is 2.03. The molecule has 1 heterocycles. The van der Waals surface area contributed by atoms with Crippen LogP contribution in [0.15, 0.2) is 30.5 Å². The Bertz CT molecular complexity index is 583. The molecule has 5 heteroatoms. The Labute approximate surface area is 105 Å². The molecule has 0 amide bonds. The van der Waals surface area contributed by atoms with Gasteiger partial charge < -0.3 is 5.32 Å². The highest BCUT2D eigenvalue weighted by atomic mass is 19.1. The number of aromatic nitrogens is 2. The highest BCUT2D eigenvalue weighted by Crippen LogP contribution is 2.09. The van der Waals surface area contributed by atoms with Gasteiger partial charge in [0, 0.05) is 31.9 Å². The molecule has 1 N–H and O–H groups in total. The van der Waals surface area contributed by atoms with E-state index in [0.717, 1.165) is 5.69 Å². The summed E-state index contributed by atoms with van der Waals surface area (Å²) in [7, 11) is 1.85. The second kappa shape index (κ2) is 5.43. The molecule has 2 rings (SSSR count). The number of nitriles is 1. The summed E-state index contributed by atoms with van der Waals surface area (Å²) in [5.74, 6) is -0.359. The van der Waals surface area contributed by atoms with Crippen molar-refractivity contribution < 1.29 is 4.39 Å². The first-order valence-electron chi connectivity index (χ1n) is 5.57. The van der Waals surface area contributed by atoms with Crippen LogP contribution in [0.4, 0.5) is 4.39 Å². The summed E-state index contributed by atoms with van der Waals surface area (Å²) in [5.41, 5.74) is 1.79. The van der Waals surface area contributed by atoms with Gasteiger partial charge in [0.1, 0.15) is 5.82 Å². The maximum Gasteiger partial charge on any atom is 0.129 e. The molecule has 0 fully saturated rings. The largest absolute Gasteiger partial charge is 0.307 e. The number of halogens is 1. The standard InChI is InChI=1S/C13H13FN4/c1-18-5-4-12(17-18)9-16-8-11-3-2-10(7-15)6-13(11)14/h2-6,16H,8-9H2,1H3. The number of hydrogen-bond acceptors (Lipinski definition) is 3. The summed E-state index contributed by atoms with van der Waals surface area (Å²) in [6, 6.07) is 8.30. The monoisotopic (exact) mass is 244 g/mol. The van der Waals surface area contributed by atoms with Crippen molar-refractivity contribution >= 4 is 0 Å². The van der Waals surface area contributed by atoms with Crippen molar-refractivity contribution in [2.45, 2.75) is 13.1 Å². The van der Waals surface area contributed by atoms with Crippen molar-refractivity contribution in [3.05, 3.63) is 53.1 Å². The van der Waals surface area contributed by atoms with Crippen molar-refractivity contribution in [2.75, 3.05) is 0 Å². The van der Waals surface area contributed by atoms with E-state index in [1.807, 2.05) is 25.4 Å². The van der Waals surface area contributed by atoms with E-state index < -0.39 is 0 Å². The van der Waals surface area contributed by atoms with Crippen LogP contribution in [-0.4, -0.2) is 9.78 Å². The third-order valence-corrected chi connectivity index (χ3v) is 2.57. The number of benzene rings is 1. The summed E-state index contributed by atoms with van der Waals surface area (Å²) in [6.07, 6.45) is 1.86. The Hall–Kier alpha value is -2.19. The van der Waals surface area contributed by atoms with Crippen LogP contribution in [0.5, 0.6) is 0 Å². The molecule has 0 aliphatic carbocycles. The van der Waals surface area contributed by atoms with Gasteiger partial charge in [-0.3, -0.25) is 4.68 Å². The minimum atomic E-state index is -0.359. The summed E-state index contributed by atoms with van der Waals surface area (Å²) >= 11 is 0. The fourth-order valence-corrected chi connectivity index (χ4v) is 1.64. The smallest absolute Gasteiger partial charge is 0.129 e. The fourth-order valence-electron chi connectivity index (χ4n) is 1.64. The van der Waals surface area contributed by atoms with E-state index in [-0.39, 0.29) is 5.82 Å². The zero-order valence-electron chi connectivity index (χ0n) is 10.0. The van der Waals surface area contributed by atoms with Crippen LogP contribution < -0.4 is 5.32 Å². The van der Waals surface area contributed by atoms with Gasteiger partial charge in [-0.2, -0.15) is 10.4 Å². The predicted octanol–water partition coefficient (Wildman–Crippen LogP) is 1.72. The average molecular weight is 244 g/mol. The van der Waals surface area contributed by atoms with Gasteiger partial charge in [0.2, 0.25) is 0 Å². The molecule has 0 saturated heterocycles. The van der Waals surface area contributed by atoms with Gasteiger partial charge in [0.15, 0.2) is 0 Å². The van der Waals surface area contributed by atoms with E-state index in [9.17, 15) is 4.39 Å². The van der Waals surface area contributed by atoms with Gasteiger partial charge in [0.25, 0.3) is 0 Å². The van der Waals surface area contributed by atoms with Gasteiger partial charge in [0.05, 0.1) is 17.3 Å². The maximum atomic E-state index is 13.6. The van der Waals surface area contributed by atoms with Gasteiger partial charge >= 0.3 is 0 Å². The van der Waals surface area contributed by atoms with E-state index >= 15 is 0 Å². The van der Waals surface area contributed by atoms with Crippen LogP contribution in [0.1, 0.15) is 16.8 Å². The molecule has 2 aromatic rings. The summed E-state index contributed by atoms with van der Waals surface area (Å²) in [5, 5.41) is 16.0. The van der Waals surface area contributed by atoms with Crippen LogP contribution in [-0.2, 0) is 20.1 Å². The quantitative estimate of drug-likeness (QED) is 0.891. The third-order valence-electron chi connectivity index (χ3n) is 2.57. The number of aryl methyl sites for hydroxylation is 1. The van der Waals surface area contributed by atoms with Crippen molar-refractivity contribution in [3.8, 4) is 6.07 Å². The van der Waals surface area contributed by atoms with Crippen molar-refractivity contribution in [3.63, 3.8) is 0 Å². The molecule has 0 saturated carbocycles. The minimum Gasteiger partial charge on any atom is -0.307 e. The highest BCUT2D eigenvalue weighted by molar-refractivity contribution is 5.32. The first-order chi connectivity index (χ1) is 8.69. The van der Waals surface area contributed by atoms with E-state index in [1.165, 1.54) is 6.07 Å². The summed E-state index contributed by atoms with van der Waals surface area (Å²) < 4.78 is 15.3. The molecule has 92 valence electrons. The Morgan fingerprint density at radius 2 is 2.22 bits per heavy atom. The first kappa shape index (κ1) is 12.3. The minimum absolute atomic E-state index is 0.334. The summed E-state index contributed by atoms with van der Waals surface area (Å²) in [4.78, 5) is 0. The van der Waals surface area contributed by atoms with Crippen molar-refractivity contribution in [2.24, 2.45) is 7.05 Å². The lowest BCUT2D eigenvalue weighted by atomic mass is 10.1. The molecular weight excluding hydrogens is 231 g/mol. The fraction of sp³-hybridized carbons (Fsp3) is 0.231. The Kier molecular flexibility index (Phi) is 3.70. The number of nitrogens with zero attached hydrogens (tertiary/aromatic N) is 3. The van der Waals surface area contributed by atoms with Gasteiger partial charge in [-0.1, -0.05) is 6.07 Å². The van der Waals surface area contributed by atoms with Gasteiger partial charge in [-0.25, -0.2) is 4.39 Å². The molecule has 0 spiro atoms. The first-order valence-corrected chi connectivity index (χ1v) is 5.57. The zero-order valence-corrected chi connectivity index (χ0v) is 10.0. The normalized spacial score (nSPS) is 10.3. The third kappa shape index (κ3) is 2.93. The number of nitrogens with one attached hydrogen (secondary N) is 1. The van der Waals surface area contributed by atoms with E-state index in [2.05, 4.69) is 10.4 Å². The van der Waals surface area contributed by atoms with Gasteiger partial charge in [-0.15, -0.1) is 0 Å². The lowest BCUT2D eigenvalue weighted by molar-refractivity contribution is 0.583. The molecule has 0 aliphatic rings. The lowest BCUT2D eigenvalue weighted by Crippen LogP contribution is -2.14. The number of rotatable bonds is 4. The number of hydrogen-bond donors (Lipinski definition) is 1. The SMILES string of the molecule is Cn1ccc(CNCc2ccc(C#N)cc2F)n1. The summed E-state index contributed by atoms with van der Waals surface area (Å²) in [6.45, 7) is 0.994. The molecule has 0 aliphatic heterocycles. The maximum absolute atomic E-state index is 13.6. The molecule has 0 unspecified atom stereocenters. The molecule has 1 aromatic carbocycles. The molecular formula is C13H13FN4. The average Bonchev–Trinajstić information content (AvgIpc) is 2.77. The van der Waals surface area contributed by atoms with Crippen LogP contribution >= 0.6 is 0 Å². The Balaban J connectivity index is 1.92. The van der Waals surface area contributed by atoms with Crippen LogP contribution in [0.25, 0.3) is 0 Å². The zero-order chi connectivity index (χ0) is 13.0. The lowest BCUT2D eigenvalue weighted by Gasteiger charge is -2.04.